The zero-order valence-corrected chi connectivity index (χ0v) is 7.70. The van der Waals surface area contributed by atoms with Gasteiger partial charge in [-0.15, -0.1) is 0 Å². The molecule has 0 fully saturated rings. The van der Waals surface area contributed by atoms with Gasteiger partial charge in [-0.1, -0.05) is 7.43 Å². The normalized spacial score (nSPS) is 0. The largest absolute Gasteiger partial charge is 0.0776 e. The first-order valence-electron chi connectivity index (χ1n) is 0. The van der Waals surface area contributed by atoms with Crippen LogP contribution < -0.4 is 0 Å². The molecule has 1 radical (unpaired) electrons. The van der Waals surface area contributed by atoms with Crippen molar-refractivity contribution in [3.05, 3.63) is 0 Å². The van der Waals surface area contributed by atoms with Gasteiger partial charge in [0.25, 0.3) is 0 Å². The van der Waals surface area contributed by atoms with Gasteiger partial charge in [-0.05, 0) is 11.0 Å². The average Bonchev–Trinajstić information content (AvgIpc) is 0. The third-order valence-corrected chi connectivity index (χ3v) is 0. The van der Waals surface area contributed by atoms with E-state index in [0.29, 0.717) is 0 Å². The maximum absolute atomic E-state index is 0. The van der Waals surface area contributed by atoms with E-state index in [-0.39, 0.29) is 90.1 Å². The standard InChI is InChI=1S/CH4.Co.Cr.Ni.H4Si.W/h1H4;;;;1H4;. The Kier molecular flexibility index (Phi) is 679. The number of hydrogen-bond donors (Lipinski definition) is 0. The summed E-state index contributed by atoms with van der Waals surface area (Å²) in [5, 5.41) is 0. The summed E-state index contributed by atoms with van der Waals surface area (Å²) in [7, 11) is 0. The van der Waals surface area contributed by atoms with E-state index in [9.17, 15) is 0 Å². The fourth-order valence-electron chi connectivity index (χ4n) is 0. The summed E-state index contributed by atoms with van der Waals surface area (Å²) in [5.41, 5.74) is 0. The van der Waals surface area contributed by atoms with Crippen LogP contribution in [0.5, 0.6) is 0 Å². The molecule has 0 aromatic carbocycles. The Bertz CT molecular complexity index is 15.5. The van der Waals surface area contributed by atoms with Crippen molar-refractivity contribution in [2.24, 2.45) is 0 Å². The van der Waals surface area contributed by atoms with E-state index in [1.54, 1.807) is 0 Å². The smallest absolute Gasteiger partial charge is 0 e. The van der Waals surface area contributed by atoms with E-state index < -0.39 is 0 Å². The third kappa shape index (κ3) is 32.0. The van der Waals surface area contributed by atoms with E-state index in [4.69, 9.17) is 0 Å². The molecule has 0 aliphatic heterocycles. The van der Waals surface area contributed by atoms with Gasteiger partial charge in [-0.2, -0.15) is 0 Å². The van der Waals surface area contributed by atoms with Gasteiger partial charge in [0.15, 0.2) is 0 Å². The van der Waals surface area contributed by atoms with E-state index in [2.05, 4.69) is 0 Å². The minimum Gasteiger partial charge on any atom is -0.0776 e. The molecule has 0 saturated carbocycles. The minimum atomic E-state index is 0. The zero-order chi connectivity index (χ0) is 0. The maximum atomic E-state index is 0. The topological polar surface area (TPSA) is 0 Å². The molecule has 0 atom stereocenters. The van der Waals surface area contributed by atoms with Gasteiger partial charge in [0.2, 0.25) is 0 Å². The molecule has 6 heavy (non-hydrogen) atoms. The summed E-state index contributed by atoms with van der Waals surface area (Å²) in [5.74, 6) is 0. The van der Waals surface area contributed by atoms with Crippen molar-refractivity contribution in [3.8, 4) is 0 Å². The van der Waals surface area contributed by atoms with E-state index in [0.717, 1.165) is 0 Å². The van der Waals surface area contributed by atoms with Crippen LogP contribution in [0.15, 0.2) is 0 Å². The van der Waals surface area contributed by atoms with Crippen LogP contribution in [0.25, 0.3) is 0 Å². The molecule has 0 saturated heterocycles. The number of rotatable bonds is 0. The van der Waals surface area contributed by atoms with Crippen LogP contribution in [0.3, 0.4) is 0 Å². The summed E-state index contributed by atoms with van der Waals surface area (Å²) in [6.45, 7) is 0. The molecule has 0 aromatic rings. The second-order valence-electron chi connectivity index (χ2n) is 0. The second-order valence-corrected chi connectivity index (χ2v) is 0. The number of hydrogen-bond acceptors (Lipinski definition) is 0. The predicted molar refractivity (Wildman–Crippen MR) is 18.1 cm³/mol. The van der Waals surface area contributed by atoms with Crippen LogP contribution in [-0.2, 0) is 71.7 Å². The third-order valence-electron chi connectivity index (χ3n) is 0. The monoisotopic (exact) mass is 401 g/mol. The fourth-order valence-corrected chi connectivity index (χ4v) is 0. The molecule has 5 heteroatoms. The molecule has 0 spiro atoms. The Hall–Kier alpha value is 2.44. The Morgan fingerprint density at radius 2 is 1.00 bits per heavy atom. The molecule has 0 nitrogen and oxygen atoms in total. The Morgan fingerprint density at radius 1 is 1.00 bits per heavy atom. The zero-order valence-electron chi connectivity index (χ0n) is 1.47. The average molecular weight is 402 g/mol. The molecular formula is CH8CoCrNiSiW. The summed E-state index contributed by atoms with van der Waals surface area (Å²) >= 11 is 0. The van der Waals surface area contributed by atoms with Crippen LogP contribution in [0.2, 0.25) is 0 Å². The van der Waals surface area contributed by atoms with E-state index in [1.807, 2.05) is 0 Å². The first-order valence-corrected chi connectivity index (χ1v) is 0. The Balaban J connectivity index is 0. The molecule has 0 aliphatic rings. The van der Waals surface area contributed by atoms with Crippen molar-refractivity contribution < 1.29 is 71.7 Å². The van der Waals surface area contributed by atoms with Gasteiger partial charge < -0.3 is 0 Å². The van der Waals surface area contributed by atoms with Crippen molar-refractivity contribution in [2.75, 3.05) is 0 Å². The maximum Gasteiger partial charge on any atom is 0 e. The van der Waals surface area contributed by atoms with Crippen molar-refractivity contribution >= 4 is 11.0 Å². The van der Waals surface area contributed by atoms with Crippen molar-refractivity contribution in [1.82, 2.24) is 0 Å². The first kappa shape index (κ1) is 78.6. The molecule has 0 N–H and O–H groups in total. The Morgan fingerprint density at radius 3 is 1.00 bits per heavy atom. The van der Waals surface area contributed by atoms with Crippen LogP contribution in [0.4, 0.5) is 0 Å². The van der Waals surface area contributed by atoms with E-state index in [1.165, 1.54) is 0 Å². The molecule has 0 unspecified atom stereocenters. The van der Waals surface area contributed by atoms with Crippen LogP contribution in [-0.4, -0.2) is 11.0 Å². The molecule has 0 amide bonds. The molecule has 0 aromatic heterocycles. The molecule has 0 heterocycles. The van der Waals surface area contributed by atoms with Gasteiger partial charge in [-0.3, -0.25) is 0 Å². The predicted octanol–water partition coefficient (Wildman–Crippen LogP) is -0.826. The summed E-state index contributed by atoms with van der Waals surface area (Å²) in [4.78, 5) is 0. The van der Waals surface area contributed by atoms with Crippen molar-refractivity contribution in [2.45, 2.75) is 7.43 Å². The molecule has 0 bridgehead atoms. The second kappa shape index (κ2) is 51.9. The SMILES string of the molecule is C.[Co].[Cr].[Ni].[SiH4].[W]. The minimum absolute atomic E-state index is 0. The van der Waals surface area contributed by atoms with Crippen LogP contribution >= 0.6 is 0 Å². The first-order chi connectivity index (χ1) is 0. The van der Waals surface area contributed by atoms with Gasteiger partial charge in [-0.25, -0.2) is 0 Å². The quantitative estimate of drug-likeness (QED) is 0.465. The summed E-state index contributed by atoms with van der Waals surface area (Å²) in [6, 6.07) is 0. The van der Waals surface area contributed by atoms with Gasteiger partial charge >= 0.3 is 0 Å². The van der Waals surface area contributed by atoms with Crippen LogP contribution in [0.1, 0.15) is 7.43 Å². The van der Waals surface area contributed by atoms with Crippen LogP contribution in [0, 0.1) is 0 Å². The molecule has 0 aliphatic carbocycles. The Labute approximate surface area is 89.1 Å². The van der Waals surface area contributed by atoms with Crippen molar-refractivity contribution in [1.29, 1.82) is 0 Å². The van der Waals surface area contributed by atoms with Gasteiger partial charge in [0.1, 0.15) is 0 Å². The molecule has 0 rings (SSSR count). The van der Waals surface area contributed by atoms with E-state index >= 15 is 0 Å². The fraction of sp³-hybridized carbons (Fsp3) is 1.00. The van der Waals surface area contributed by atoms with Gasteiger partial charge in [0, 0.05) is 71.7 Å². The van der Waals surface area contributed by atoms with Gasteiger partial charge in [0.05, 0.1) is 0 Å². The summed E-state index contributed by atoms with van der Waals surface area (Å²) < 4.78 is 0. The molecular weight excluding hydrogens is 394 g/mol. The molecule has 47 valence electrons. The van der Waals surface area contributed by atoms with Crippen molar-refractivity contribution in [3.63, 3.8) is 0 Å². The summed E-state index contributed by atoms with van der Waals surface area (Å²) in [6.07, 6.45) is 0.